The van der Waals surface area contributed by atoms with Crippen molar-refractivity contribution in [1.29, 1.82) is 0 Å². The van der Waals surface area contributed by atoms with Crippen molar-refractivity contribution in [2.24, 2.45) is 0 Å². The number of rotatable bonds is 12. The average molecular weight is 533 g/mol. The van der Waals surface area contributed by atoms with E-state index in [2.05, 4.69) is 36.2 Å². The number of ether oxygens (including phenoxy) is 1. The van der Waals surface area contributed by atoms with Gasteiger partial charge in [0.25, 0.3) is 0 Å². The van der Waals surface area contributed by atoms with Gasteiger partial charge in [0, 0.05) is 38.4 Å². The third-order valence-corrected chi connectivity index (χ3v) is 7.02. The monoisotopic (exact) mass is 532 g/mol. The molecule has 0 spiro atoms. The number of hydrogen-bond donors (Lipinski definition) is 1. The largest absolute Gasteiger partial charge is 0.467 e. The van der Waals surface area contributed by atoms with E-state index in [1.807, 2.05) is 54.6 Å². The van der Waals surface area contributed by atoms with Crippen LogP contribution in [0.15, 0.2) is 77.4 Å². The highest BCUT2D eigenvalue weighted by atomic mass is 16.5. The number of nitrogens with one attached hydrogen (secondary N) is 1. The number of amides is 3. The van der Waals surface area contributed by atoms with Gasteiger partial charge in [-0.1, -0.05) is 56.3 Å². The Morgan fingerprint density at radius 1 is 0.923 bits per heavy atom. The Bertz CT molecular complexity index is 1140. The minimum Gasteiger partial charge on any atom is -0.467 e. The van der Waals surface area contributed by atoms with Gasteiger partial charge in [0.15, 0.2) is 0 Å². The number of anilines is 1. The first-order valence-corrected chi connectivity index (χ1v) is 13.8. The Morgan fingerprint density at radius 3 is 2.33 bits per heavy atom. The molecule has 1 N–H and O–H groups in total. The highest BCUT2D eigenvalue weighted by Crippen LogP contribution is 2.18. The topological polar surface area (TPSA) is 78.3 Å². The van der Waals surface area contributed by atoms with Crippen molar-refractivity contribution in [3.63, 3.8) is 0 Å². The van der Waals surface area contributed by atoms with Gasteiger partial charge in [-0.05, 0) is 47.7 Å². The van der Waals surface area contributed by atoms with Gasteiger partial charge in [-0.2, -0.15) is 0 Å². The number of morpholine rings is 1. The van der Waals surface area contributed by atoms with Crippen LogP contribution in [0.25, 0.3) is 0 Å². The van der Waals surface area contributed by atoms with Crippen molar-refractivity contribution >= 4 is 17.6 Å². The lowest BCUT2D eigenvalue weighted by Gasteiger charge is -2.31. The summed E-state index contributed by atoms with van der Waals surface area (Å²) in [5.41, 5.74) is 3.07. The van der Waals surface area contributed by atoms with Gasteiger partial charge in [-0.15, -0.1) is 0 Å². The second-order valence-corrected chi connectivity index (χ2v) is 10.2. The molecule has 0 radical (unpaired) electrons. The van der Waals surface area contributed by atoms with Crippen LogP contribution in [-0.4, -0.2) is 79.1 Å². The van der Waals surface area contributed by atoms with Crippen LogP contribution in [0.3, 0.4) is 0 Å². The average Bonchev–Trinajstić information content (AvgIpc) is 3.48. The van der Waals surface area contributed by atoms with E-state index in [4.69, 9.17) is 9.15 Å². The van der Waals surface area contributed by atoms with E-state index in [0.717, 1.165) is 25.1 Å². The molecule has 1 saturated heterocycles. The predicted molar refractivity (Wildman–Crippen MR) is 153 cm³/mol. The lowest BCUT2D eigenvalue weighted by Crippen LogP contribution is -2.48. The summed E-state index contributed by atoms with van der Waals surface area (Å²) in [7, 11) is 0. The van der Waals surface area contributed by atoms with Crippen LogP contribution in [-0.2, 0) is 22.5 Å². The maximum Gasteiger partial charge on any atom is 0.322 e. The molecule has 3 aromatic rings. The Kier molecular flexibility index (Phi) is 10.6. The minimum atomic E-state index is -0.282. The highest BCUT2D eigenvalue weighted by Gasteiger charge is 2.23. The molecule has 0 saturated carbocycles. The molecule has 1 aliphatic heterocycles. The highest BCUT2D eigenvalue weighted by molar-refractivity contribution is 5.92. The molecular formula is C31H40N4O4. The van der Waals surface area contributed by atoms with Gasteiger partial charge >= 0.3 is 6.03 Å². The maximum absolute atomic E-state index is 13.7. The minimum absolute atomic E-state index is 0.0181. The van der Waals surface area contributed by atoms with Crippen LogP contribution in [0.1, 0.15) is 36.7 Å². The molecule has 1 aliphatic rings. The van der Waals surface area contributed by atoms with Crippen molar-refractivity contribution < 1.29 is 18.7 Å². The third kappa shape index (κ3) is 8.97. The summed E-state index contributed by atoms with van der Waals surface area (Å²) >= 11 is 0. The second kappa shape index (κ2) is 14.5. The number of carbonyl (C=O) groups excluding carboxylic acids is 2. The standard InChI is InChI=1S/C31H40N4O4/c1-25(2)27-10-12-28(13-11-27)32-31(37)35(17-16-33-18-21-38-22-19-33)24-30(36)34(23-29-9-6-20-39-29)15-14-26-7-4-3-5-8-26/h3-13,20,25H,14-19,21-24H2,1-2H3,(H,32,37). The number of urea groups is 1. The molecule has 0 bridgehead atoms. The van der Waals surface area contributed by atoms with Crippen molar-refractivity contribution in [2.75, 3.05) is 57.8 Å². The number of carbonyl (C=O) groups is 2. The molecule has 0 aliphatic carbocycles. The van der Waals surface area contributed by atoms with Crippen LogP contribution in [0, 0.1) is 0 Å². The molecule has 4 rings (SSSR count). The summed E-state index contributed by atoms with van der Waals surface area (Å²) in [6.07, 6.45) is 2.33. The van der Waals surface area contributed by atoms with Gasteiger partial charge in [-0.25, -0.2) is 4.79 Å². The van der Waals surface area contributed by atoms with Crippen LogP contribution >= 0.6 is 0 Å². The fourth-order valence-electron chi connectivity index (χ4n) is 4.55. The molecule has 0 unspecified atom stereocenters. The molecule has 0 atom stereocenters. The Morgan fingerprint density at radius 2 is 1.67 bits per heavy atom. The van der Waals surface area contributed by atoms with Crippen LogP contribution < -0.4 is 5.32 Å². The first kappa shape index (κ1) is 28.4. The SMILES string of the molecule is CC(C)c1ccc(NC(=O)N(CCN2CCOCC2)CC(=O)N(CCc2ccccc2)Cc2ccco2)cc1. The molecule has 8 nitrogen and oxygen atoms in total. The van der Waals surface area contributed by atoms with Crippen molar-refractivity contribution in [2.45, 2.75) is 32.7 Å². The van der Waals surface area contributed by atoms with Gasteiger partial charge in [0.1, 0.15) is 12.3 Å². The number of hydrogen-bond acceptors (Lipinski definition) is 5. The van der Waals surface area contributed by atoms with Crippen molar-refractivity contribution in [1.82, 2.24) is 14.7 Å². The number of nitrogens with zero attached hydrogens (tertiary/aromatic N) is 3. The van der Waals surface area contributed by atoms with E-state index in [0.29, 0.717) is 56.8 Å². The van der Waals surface area contributed by atoms with Crippen LogP contribution in [0.2, 0.25) is 0 Å². The fourth-order valence-corrected chi connectivity index (χ4v) is 4.55. The quantitative estimate of drug-likeness (QED) is 0.361. The maximum atomic E-state index is 13.7. The summed E-state index contributed by atoms with van der Waals surface area (Å²) in [6.45, 7) is 9.27. The van der Waals surface area contributed by atoms with Gasteiger partial charge in [-0.3, -0.25) is 9.69 Å². The van der Waals surface area contributed by atoms with Gasteiger partial charge in [0.05, 0.1) is 26.0 Å². The summed E-state index contributed by atoms with van der Waals surface area (Å²) < 4.78 is 11.0. The number of benzene rings is 2. The van der Waals surface area contributed by atoms with Crippen LogP contribution in [0.4, 0.5) is 10.5 Å². The molecular weight excluding hydrogens is 492 g/mol. The lowest BCUT2D eigenvalue weighted by atomic mass is 10.0. The van der Waals surface area contributed by atoms with E-state index >= 15 is 0 Å². The second-order valence-electron chi connectivity index (χ2n) is 10.2. The number of furan rings is 1. The normalized spacial score (nSPS) is 13.8. The van der Waals surface area contributed by atoms with Gasteiger partial charge in [0.2, 0.25) is 5.91 Å². The summed E-state index contributed by atoms with van der Waals surface area (Å²) in [4.78, 5) is 32.8. The van der Waals surface area contributed by atoms with Gasteiger partial charge < -0.3 is 24.3 Å². The zero-order valence-corrected chi connectivity index (χ0v) is 23.1. The van der Waals surface area contributed by atoms with Crippen molar-refractivity contribution in [3.05, 3.63) is 89.9 Å². The molecule has 39 heavy (non-hydrogen) atoms. The molecule has 1 fully saturated rings. The Labute approximate surface area is 231 Å². The zero-order valence-electron chi connectivity index (χ0n) is 23.1. The van der Waals surface area contributed by atoms with E-state index in [1.54, 1.807) is 16.1 Å². The third-order valence-electron chi connectivity index (χ3n) is 7.02. The Hall–Kier alpha value is -3.62. The predicted octanol–water partition coefficient (Wildman–Crippen LogP) is 4.84. The van der Waals surface area contributed by atoms with Crippen molar-refractivity contribution in [3.8, 4) is 0 Å². The first-order chi connectivity index (χ1) is 19.0. The molecule has 2 heterocycles. The zero-order chi connectivity index (χ0) is 27.5. The molecule has 8 heteroatoms. The summed E-state index contributed by atoms with van der Waals surface area (Å²) in [5.74, 6) is 1.01. The first-order valence-electron chi connectivity index (χ1n) is 13.8. The van der Waals surface area contributed by atoms with E-state index in [1.165, 1.54) is 5.56 Å². The molecule has 208 valence electrons. The Balaban J connectivity index is 1.45. The van der Waals surface area contributed by atoms with E-state index in [-0.39, 0.29) is 18.5 Å². The fraction of sp³-hybridized carbons (Fsp3) is 0.419. The molecule has 1 aromatic heterocycles. The van der Waals surface area contributed by atoms with E-state index < -0.39 is 0 Å². The van der Waals surface area contributed by atoms with Crippen LogP contribution in [0.5, 0.6) is 0 Å². The lowest BCUT2D eigenvalue weighted by molar-refractivity contribution is -0.132. The molecule has 2 aromatic carbocycles. The smallest absolute Gasteiger partial charge is 0.322 e. The summed E-state index contributed by atoms with van der Waals surface area (Å²) in [5, 5.41) is 3.00. The summed E-state index contributed by atoms with van der Waals surface area (Å²) in [6, 6.07) is 21.4. The van der Waals surface area contributed by atoms with E-state index in [9.17, 15) is 9.59 Å². The molecule has 3 amide bonds.